The summed E-state index contributed by atoms with van der Waals surface area (Å²) in [6.07, 6.45) is 2.89. The second-order valence-corrected chi connectivity index (χ2v) is 6.51. The second kappa shape index (κ2) is 8.22. The Morgan fingerprint density at radius 3 is 2.36 bits per heavy atom. The second-order valence-electron chi connectivity index (χ2n) is 6.51. The zero-order valence-electron chi connectivity index (χ0n) is 16.0. The maximum absolute atomic E-state index is 13.7. The van der Waals surface area contributed by atoms with Gasteiger partial charge in [-0.2, -0.15) is 0 Å². The summed E-state index contributed by atoms with van der Waals surface area (Å²) in [7, 11) is 1.53. The number of hydrogen-bond acceptors (Lipinski definition) is 6. The number of halogens is 1. The molecular weight excluding hydrogens is 359 g/mol. The number of nitrogens with zero attached hydrogens (tertiary/aromatic N) is 2. The van der Waals surface area contributed by atoms with Crippen molar-refractivity contribution in [3.63, 3.8) is 0 Å². The molecular formula is C21H23FN4O2. The largest absolute Gasteiger partial charge is 0.496 e. The first-order valence-electron chi connectivity index (χ1n) is 8.86. The van der Waals surface area contributed by atoms with E-state index in [2.05, 4.69) is 9.97 Å². The van der Waals surface area contributed by atoms with Gasteiger partial charge in [-0.15, -0.1) is 0 Å². The smallest absolute Gasteiger partial charge is 0.166 e. The molecule has 0 saturated heterocycles. The van der Waals surface area contributed by atoms with Crippen LogP contribution in [0.1, 0.15) is 37.3 Å². The fourth-order valence-electron chi connectivity index (χ4n) is 2.83. The third-order valence-corrected chi connectivity index (χ3v) is 4.40. The minimum Gasteiger partial charge on any atom is -0.496 e. The van der Waals surface area contributed by atoms with Crippen molar-refractivity contribution in [2.45, 2.75) is 26.0 Å². The van der Waals surface area contributed by atoms with Crippen LogP contribution in [-0.4, -0.2) is 17.1 Å². The number of anilines is 1. The molecule has 2 atom stereocenters. The van der Waals surface area contributed by atoms with Crippen LogP contribution in [0.5, 0.6) is 11.5 Å². The minimum absolute atomic E-state index is 0.139. The summed E-state index contributed by atoms with van der Waals surface area (Å²) in [5.41, 5.74) is 14.9. The Labute approximate surface area is 163 Å². The summed E-state index contributed by atoms with van der Waals surface area (Å²) in [6.45, 7) is 3.67. The lowest BCUT2D eigenvalue weighted by molar-refractivity contribution is 0.221. The molecule has 3 rings (SSSR count). The number of hydrogen-bond donors (Lipinski definition) is 2. The van der Waals surface area contributed by atoms with E-state index in [1.807, 2.05) is 19.1 Å². The highest BCUT2D eigenvalue weighted by atomic mass is 19.1. The first-order chi connectivity index (χ1) is 13.4. The van der Waals surface area contributed by atoms with Crippen molar-refractivity contribution in [3.05, 3.63) is 65.9 Å². The molecule has 1 aromatic carbocycles. The van der Waals surface area contributed by atoms with Crippen molar-refractivity contribution in [1.82, 2.24) is 9.97 Å². The van der Waals surface area contributed by atoms with Gasteiger partial charge < -0.3 is 20.9 Å². The molecule has 0 saturated carbocycles. The summed E-state index contributed by atoms with van der Waals surface area (Å²) in [5.74, 6) is 0.803. The molecule has 0 amide bonds. The number of benzene rings is 1. The quantitative estimate of drug-likeness (QED) is 0.668. The third kappa shape index (κ3) is 4.20. The van der Waals surface area contributed by atoms with Crippen molar-refractivity contribution in [3.8, 4) is 22.6 Å². The molecule has 4 N–H and O–H groups in total. The van der Waals surface area contributed by atoms with Gasteiger partial charge in [-0.1, -0.05) is 6.07 Å². The van der Waals surface area contributed by atoms with E-state index in [9.17, 15) is 4.39 Å². The van der Waals surface area contributed by atoms with Gasteiger partial charge in [-0.25, -0.2) is 9.37 Å². The molecule has 146 valence electrons. The third-order valence-electron chi connectivity index (χ3n) is 4.40. The topological polar surface area (TPSA) is 96.3 Å². The highest BCUT2D eigenvalue weighted by Gasteiger charge is 2.17. The molecule has 2 unspecified atom stereocenters. The van der Waals surface area contributed by atoms with Gasteiger partial charge in [0.1, 0.15) is 17.7 Å². The van der Waals surface area contributed by atoms with Crippen LogP contribution in [0.3, 0.4) is 0 Å². The molecule has 0 radical (unpaired) electrons. The lowest BCUT2D eigenvalue weighted by Crippen LogP contribution is -2.08. The number of ether oxygens (including phenoxy) is 2. The molecule has 6 nitrogen and oxygen atoms in total. The van der Waals surface area contributed by atoms with E-state index in [0.717, 1.165) is 16.8 Å². The van der Waals surface area contributed by atoms with Gasteiger partial charge in [0.25, 0.3) is 0 Å². The van der Waals surface area contributed by atoms with Crippen LogP contribution in [0.4, 0.5) is 10.2 Å². The fourth-order valence-corrected chi connectivity index (χ4v) is 2.83. The van der Waals surface area contributed by atoms with Crippen LogP contribution in [0.25, 0.3) is 11.1 Å². The Balaban J connectivity index is 1.89. The summed E-state index contributed by atoms with van der Waals surface area (Å²) in [5, 5.41) is 0. The molecule has 0 aliphatic heterocycles. The monoisotopic (exact) mass is 382 g/mol. The normalized spacial score (nSPS) is 13.0. The number of nitrogen functional groups attached to an aromatic ring is 1. The van der Waals surface area contributed by atoms with E-state index in [-0.39, 0.29) is 17.7 Å². The first-order valence-corrected chi connectivity index (χ1v) is 8.86. The zero-order chi connectivity index (χ0) is 20.3. The van der Waals surface area contributed by atoms with Crippen LogP contribution >= 0.6 is 0 Å². The van der Waals surface area contributed by atoms with Gasteiger partial charge in [-0.3, -0.25) is 4.98 Å². The Hall–Kier alpha value is -3.19. The summed E-state index contributed by atoms with van der Waals surface area (Å²) < 4.78 is 25.0. The van der Waals surface area contributed by atoms with Crippen LogP contribution in [0.2, 0.25) is 0 Å². The van der Waals surface area contributed by atoms with Crippen LogP contribution < -0.4 is 20.9 Å². The van der Waals surface area contributed by atoms with Crippen molar-refractivity contribution < 1.29 is 13.9 Å². The van der Waals surface area contributed by atoms with E-state index in [4.69, 9.17) is 20.9 Å². The molecule has 0 aliphatic carbocycles. The van der Waals surface area contributed by atoms with Gasteiger partial charge in [0.05, 0.1) is 12.8 Å². The van der Waals surface area contributed by atoms with Crippen LogP contribution in [0.15, 0.2) is 48.8 Å². The minimum atomic E-state index is -0.497. The maximum atomic E-state index is 13.7. The molecule has 3 aromatic rings. The standard InChI is InChI=1S/C21H23FN4O2/c1-12(23)18-6-4-14(10-25-18)15-8-20(21(24)26-11-15)28-13(2)17-9-16(22)5-7-19(17)27-3/h4-13H,23H2,1-3H3,(H2,24,26). The fraction of sp³-hybridized carbons (Fsp3) is 0.238. The molecule has 28 heavy (non-hydrogen) atoms. The van der Waals surface area contributed by atoms with E-state index in [1.54, 1.807) is 31.5 Å². The maximum Gasteiger partial charge on any atom is 0.166 e. The molecule has 7 heteroatoms. The van der Waals surface area contributed by atoms with Gasteiger partial charge in [0, 0.05) is 35.1 Å². The predicted molar refractivity (Wildman–Crippen MR) is 106 cm³/mol. The van der Waals surface area contributed by atoms with Crippen molar-refractivity contribution in [2.24, 2.45) is 5.73 Å². The molecule has 0 bridgehead atoms. The molecule has 0 spiro atoms. The lowest BCUT2D eigenvalue weighted by Gasteiger charge is -2.19. The number of rotatable bonds is 6. The summed E-state index contributed by atoms with van der Waals surface area (Å²) in [6, 6.07) is 9.72. The first kappa shape index (κ1) is 19.6. The highest BCUT2D eigenvalue weighted by Crippen LogP contribution is 2.33. The van der Waals surface area contributed by atoms with E-state index >= 15 is 0 Å². The number of nitrogens with two attached hydrogens (primary N) is 2. The Morgan fingerprint density at radius 1 is 0.964 bits per heavy atom. The van der Waals surface area contributed by atoms with Gasteiger partial charge in [0.2, 0.25) is 0 Å². The average Bonchev–Trinajstić information content (AvgIpc) is 2.69. The van der Waals surface area contributed by atoms with Crippen molar-refractivity contribution >= 4 is 5.82 Å². The number of methoxy groups -OCH3 is 1. The number of aromatic nitrogens is 2. The Morgan fingerprint density at radius 2 is 1.71 bits per heavy atom. The van der Waals surface area contributed by atoms with E-state index in [0.29, 0.717) is 17.1 Å². The van der Waals surface area contributed by atoms with Gasteiger partial charge >= 0.3 is 0 Å². The van der Waals surface area contributed by atoms with Crippen molar-refractivity contribution in [2.75, 3.05) is 12.8 Å². The molecule has 0 fully saturated rings. The molecule has 0 aliphatic rings. The highest BCUT2D eigenvalue weighted by molar-refractivity contribution is 5.66. The Kier molecular flexibility index (Phi) is 5.75. The zero-order valence-corrected chi connectivity index (χ0v) is 16.0. The molecule has 2 aromatic heterocycles. The SMILES string of the molecule is COc1ccc(F)cc1C(C)Oc1cc(-c2ccc(C(C)N)nc2)cnc1N. The Bertz CT molecular complexity index is 961. The average molecular weight is 382 g/mol. The van der Waals surface area contributed by atoms with E-state index < -0.39 is 6.10 Å². The summed E-state index contributed by atoms with van der Waals surface area (Å²) in [4.78, 5) is 8.58. The number of pyridine rings is 2. The van der Waals surface area contributed by atoms with Gasteiger partial charge in [0.15, 0.2) is 11.6 Å². The van der Waals surface area contributed by atoms with Crippen LogP contribution in [-0.2, 0) is 0 Å². The predicted octanol–water partition coefficient (Wildman–Crippen LogP) is 4.03. The van der Waals surface area contributed by atoms with Crippen molar-refractivity contribution in [1.29, 1.82) is 0 Å². The lowest BCUT2D eigenvalue weighted by atomic mass is 10.1. The van der Waals surface area contributed by atoms with Gasteiger partial charge in [-0.05, 0) is 44.2 Å². The van der Waals surface area contributed by atoms with E-state index in [1.165, 1.54) is 19.2 Å². The van der Waals surface area contributed by atoms with Crippen LogP contribution in [0, 0.1) is 5.82 Å². The summed E-state index contributed by atoms with van der Waals surface area (Å²) >= 11 is 0. The molecule has 2 heterocycles.